The number of benzene rings is 1. The molecule has 3 heterocycles. The third kappa shape index (κ3) is 5.91. The number of hydrogen-bond acceptors (Lipinski definition) is 6. The van der Waals surface area contributed by atoms with Gasteiger partial charge in [-0.05, 0) is 38.0 Å². The smallest absolute Gasteiger partial charge is 0.381 e. The standard InChI is InChI=1S/C24H19F7N6O2/c1-12(35-17-11-34-36-21(38)18(17)24(29,30)31)3-2-7-37-8-6-14-15(22(37)39)4-5-16(19(14)25)20-32-9-13(10-33-20)23(26,27)28/h4-6,8-12H,2-3,7H2,1H3,(H2,35,36,38). The van der Waals surface area contributed by atoms with Gasteiger partial charge in [0.25, 0.3) is 11.1 Å². The number of aromatic nitrogens is 5. The molecule has 1 unspecified atom stereocenters. The van der Waals surface area contributed by atoms with E-state index >= 15 is 4.39 Å². The molecule has 0 aliphatic heterocycles. The Morgan fingerprint density at radius 3 is 2.31 bits per heavy atom. The molecule has 0 aliphatic carbocycles. The maximum Gasteiger partial charge on any atom is 0.423 e. The van der Waals surface area contributed by atoms with E-state index in [2.05, 4.69) is 20.4 Å². The van der Waals surface area contributed by atoms with Crippen molar-refractivity contribution in [2.24, 2.45) is 0 Å². The number of fused-ring (bicyclic) bond motifs is 1. The largest absolute Gasteiger partial charge is 0.423 e. The number of hydrogen-bond donors (Lipinski definition) is 2. The Bertz CT molecular complexity index is 1610. The second-order valence-electron chi connectivity index (χ2n) is 8.67. The van der Waals surface area contributed by atoms with Gasteiger partial charge < -0.3 is 9.88 Å². The molecule has 39 heavy (non-hydrogen) atoms. The molecular weight excluding hydrogens is 537 g/mol. The van der Waals surface area contributed by atoms with Crippen LogP contribution in [0.25, 0.3) is 22.2 Å². The summed E-state index contributed by atoms with van der Waals surface area (Å²) in [7, 11) is 0. The van der Waals surface area contributed by atoms with Crippen LogP contribution >= 0.6 is 0 Å². The van der Waals surface area contributed by atoms with Crippen molar-refractivity contribution in [2.45, 2.75) is 44.7 Å². The molecular formula is C24H19F7N6O2. The monoisotopic (exact) mass is 556 g/mol. The number of halogens is 7. The molecule has 8 nitrogen and oxygen atoms in total. The molecule has 0 aliphatic rings. The molecule has 3 aromatic heterocycles. The summed E-state index contributed by atoms with van der Waals surface area (Å²) in [6.07, 6.45) is -5.59. The summed E-state index contributed by atoms with van der Waals surface area (Å²) >= 11 is 0. The normalized spacial score (nSPS) is 13.0. The van der Waals surface area contributed by atoms with E-state index in [0.717, 1.165) is 6.20 Å². The molecule has 206 valence electrons. The lowest BCUT2D eigenvalue weighted by atomic mass is 10.1. The van der Waals surface area contributed by atoms with Gasteiger partial charge in [-0.25, -0.2) is 19.5 Å². The Kier molecular flexibility index (Phi) is 7.44. The second-order valence-corrected chi connectivity index (χ2v) is 8.67. The summed E-state index contributed by atoms with van der Waals surface area (Å²) < 4.78 is 94.3. The van der Waals surface area contributed by atoms with Gasteiger partial charge >= 0.3 is 12.4 Å². The minimum atomic E-state index is -4.88. The van der Waals surface area contributed by atoms with Crippen LogP contribution in [0.4, 0.5) is 36.4 Å². The minimum Gasteiger partial charge on any atom is -0.381 e. The Hall–Kier alpha value is -4.30. The first-order chi connectivity index (χ1) is 18.3. The highest BCUT2D eigenvalue weighted by Gasteiger charge is 2.37. The topological polar surface area (TPSA) is 106 Å². The Morgan fingerprint density at radius 1 is 0.974 bits per heavy atom. The maximum atomic E-state index is 15.1. The molecule has 1 atom stereocenters. The first-order valence-corrected chi connectivity index (χ1v) is 11.4. The predicted octanol–water partition coefficient (Wildman–Crippen LogP) is 5.00. The lowest BCUT2D eigenvalue weighted by Gasteiger charge is -2.18. The summed E-state index contributed by atoms with van der Waals surface area (Å²) in [6, 6.07) is 3.33. The van der Waals surface area contributed by atoms with E-state index in [9.17, 15) is 35.9 Å². The van der Waals surface area contributed by atoms with Gasteiger partial charge in [-0.2, -0.15) is 31.4 Å². The zero-order valence-corrected chi connectivity index (χ0v) is 20.0. The number of anilines is 1. The van der Waals surface area contributed by atoms with E-state index in [-0.39, 0.29) is 28.7 Å². The fourth-order valence-corrected chi connectivity index (χ4v) is 3.99. The van der Waals surface area contributed by atoms with Crippen molar-refractivity contribution in [2.75, 3.05) is 5.32 Å². The second kappa shape index (κ2) is 10.5. The van der Waals surface area contributed by atoms with Crippen molar-refractivity contribution >= 4 is 16.5 Å². The number of H-pyrrole nitrogens is 1. The molecule has 1 aromatic carbocycles. The zero-order chi connectivity index (χ0) is 28.5. The van der Waals surface area contributed by atoms with E-state index in [1.807, 2.05) is 0 Å². The van der Waals surface area contributed by atoms with Crippen LogP contribution in [0.3, 0.4) is 0 Å². The lowest BCUT2D eigenvalue weighted by molar-refractivity contribution is -0.139. The zero-order valence-electron chi connectivity index (χ0n) is 20.0. The van der Waals surface area contributed by atoms with E-state index in [1.54, 1.807) is 12.0 Å². The summed E-state index contributed by atoms with van der Waals surface area (Å²) in [4.78, 5) is 31.7. The fraction of sp³-hybridized carbons (Fsp3) is 0.292. The van der Waals surface area contributed by atoms with Crippen LogP contribution in [0, 0.1) is 5.82 Å². The lowest BCUT2D eigenvalue weighted by Crippen LogP contribution is -2.27. The van der Waals surface area contributed by atoms with Gasteiger partial charge in [0.1, 0.15) is 11.4 Å². The number of alkyl halides is 6. The number of aryl methyl sites for hydroxylation is 1. The molecule has 0 radical (unpaired) electrons. The first-order valence-electron chi connectivity index (χ1n) is 11.4. The van der Waals surface area contributed by atoms with Gasteiger partial charge in [-0.15, -0.1) is 0 Å². The number of aromatic amines is 1. The van der Waals surface area contributed by atoms with Crippen molar-refractivity contribution in [1.29, 1.82) is 0 Å². The Balaban J connectivity index is 1.48. The molecule has 2 N–H and O–H groups in total. The first kappa shape index (κ1) is 27.7. The molecule has 0 saturated carbocycles. The minimum absolute atomic E-state index is 0.0150. The summed E-state index contributed by atoms with van der Waals surface area (Å²) in [6.45, 7) is 1.76. The molecule has 0 fully saturated rings. The van der Waals surface area contributed by atoms with Crippen molar-refractivity contribution in [3.63, 3.8) is 0 Å². The Labute approximate surface area is 214 Å². The van der Waals surface area contributed by atoms with E-state index in [1.165, 1.54) is 29.0 Å². The van der Waals surface area contributed by atoms with Crippen LogP contribution in [-0.4, -0.2) is 30.8 Å². The number of nitrogens with one attached hydrogen (secondary N) is 2. The Morgan fingerprint density at radius 2 is 1.67 bits per heavy atom. The third-order valence-electron chi connectivity index (χ3n) is 5.89. The molecule has 4 rings (SSSR count). The number of rotatable bonds is 7. The van der Waals surface area contributed by atoms with Crippen LogP contribution in [0.5, 0.6) is 0 Å². The van der Waals surface area contributed by atoms with Crippen LogP contribution in [0.1, 0.15) is 30.9 Å². The van der Waals surface area contributed by atoms with Crippen LogP contribution < -0.4 is 16.4 Å². The average molecular weight is 556 g/mol. The molecule has 0 saturated heterocycles. The highest BCUT2D eigenvalue weighted by Crippen LogP contribution is 2.32. The molecule has 0 spiro atoms. The molecule has 0 bridgehead atoms. The van der Waals surface area contributed by atoms with Crippen molar-refractivity contribution in [3.05, 3.63) is 80.6 Å². The molecule has 15 heteroatoms. The predicted molar refractivity (Wildman–Crippen MR) is 126 cm³/mol. The van der Waals surface area contributed by atoms with Gasteiger partial charge in [0.15, 0.2) is 5.82 Å². The van der Waals surface area contributed by atoms with Gasteiger partial charge in [-0.3, -0.25) is 9.59 Å². The highest BCUT2D eigenvalue weighted by atomic mass is 19.4. The quantitative estimate of drug-likeness (QED) is 0.311. The molecule has 4 aromatic rings. The van der Waals surface area contributed by atoms with Gasteiger partial charge in [0.2, 0.25) is 0 Å². The SMILES string of the molecule is CC(CCCn1ccc2c(F)c(-c3ncc(C(F)(F)F)cn3)ccc2c1=O)Nc1cn[nH]c(=O)c1C(F)(F)F. The van der Waals surface area contributed by atoms with E-state index < -0.39 is 52.1 Å². The van der Waals surface area contributed by atoms with Crippen molar-refractivity contribution in [1.82, 2.24) is 24.7 Å². The maximum absolute atomic E-state index is 15.1. The molecule has 0 amide bonds. The van der Waals surface area contributed by atoms with Gasteiger partial charge in [-0.1, -0.05) is 0 Å². The van der Waals surface area contributed by atoms with E-state index in [0.29, 0.717) is 25.2 Å². The van der Waals surface area contributed by atoms with Crippen LogP contribution in [0.2, 0.25) is 0 Å². The fourth-order valence-electron chi connectivity index (χ4n) is 3.99. The summed E-state index contributed by atoms with van der Waals surface area (Å²) in [5.74, 6) is -1.15. The van der Waals surface area contributed by atoms with Crippen molar-refractivity contribution in [3.8, 4) is 11.4 Å². The van der Waals surface area contributed by atoms with Crippen molar-refractivity contribution < 1.29 is 30.7 Å². The average Bonchev–Trinajstić information content (AvgIpc) is 2.84. The highest BCUT2D eigenvalue weighted by molar-refractivity contribution is 5.86. The van der Waals surface area contributed by atoms with Gasteiger partial charge in [0, 0.05) is 36.6 Å². The number of pyridine rings is 1. The summed E-state index contributed by atoms with van der Waals surface area (Å²) in [5, 5.41) is 7.70. The van der Waals surface area contributed by atoms with E-state index in [4.69, 9.17) is 0 Å². The third-order valence-corrected chi connectivity index (χ3v) is 5.89. The summed E-state index contributed by atoms with van der Waals surface area (Å²) in [5.41, 5.74) is -5.04. The number of nitrogens with zero attached hydrogens (tertiary/aromatic N) is 4. The van der Waals surface area contributed by atoms with Crippen LogP contribution in [0.15, 0.2) is 52.6 Å². The van der Waals surface area contributed by atoms with Gasteiger partial charge in [0.05, 0.1) is 28.4 Å². The van der Waals surface area contributed by atoms with Crippen LogP contribution in [-0.2, 0) is 18.9 Å².